The van der Waals surface area contributed by atoms with Crippen molar-refractivity contribution in [2.24, 2.45) is 11.8 Å². The fourth-order valence-corrected chi connectivity index (χ4v) is 2.80. The van der Waals surface area contributed by atoms with Crippen LogP contribution in [0, 0.1) is 11.8 Å². The summed E-state index contributed by atoms with van der Waals surface area (Å²) in [7, 11) is 0. The van der Waals surface area contributed by atoms with E-state index in [4.69, 9.17) is 0 Å². The van der Waals surface area contributed by atoms with Gasteiger partial charge in [0.05, 0.1) is 6.04 Å². The molecule has 0 radical (unpaired) electrons. The third kappa shape index (κ3) is 6.42. The monoisotopic (exact) mass is 268 g/mol. The van der Waals surface area contributed by atoms with Crippen molar-refractivity contribution in [3.63, 3.8) is 0 Å². The van der Waals surface area contributed by atoms with Crippen molar-refractivity contribution in [1.29, 1.82) is 0 Å². The maximum atomic E-state index is 11.9. The van der Waals surface area contributed by atoms with Gasteiger partial charge >= 0.3 is 0 Å². The van der Waals surface area contributed by atoms with Gasteiger partial charge in [0.15, 0.2) is 0 Å². The maximum absolute atomic E-state index is 11.9. The van der Waals surface area contributed by atoms with Gasteiger partial charge in [-0.25, -0.2) is 0 Å². The van der Waals surface area contributed by atoms with E-state index in [0.29, 0.717) is 12.0 Å². The maximum Gasteiger partial charge on any atom is 0.236 e. The number of hydrogen-bond acceptors (Lipinski definition) is 2. The zero-order valence-electron chi connectivity index (χ0n) is 13.2. The van der Waals surface area contributed by atoms with E-state index in [9.17, 15) is 4.79 Å². The molecule has 1 aliphatic carbocycles. The lowest BCUT2D eigenvalue weighted by Crippen LogP contribution is -2.47. The van der Waals surface area contributed by atoms with Crippen LogP contribution >= 0.6 is 0 Å². The molecule has 1 unspecified atom stereocenters. The summed E-state index contributed by atoms with van der Waals surface area (Å²) in [6.45, 7) is 9.42. The zero-order valence-corrected chi connectivity index (χ0v) is 13.2. The van der Waals surface area contributed by atoms with Crippen molar-refractivity contribution < 1.29 is 4.79 Å². The minimum absolute atomic E-state index is 0.0599. The van der Waals surface area contributed by atoms with Crippen molar-refractivity contribution in [3.05, 3.63) is 0 Å². The van der Waals surface area contributed by atoms with Gasteiger partial charge in [-0.1, -0.05) is 27.2 Å². The highest BCUT2D eigenvalue weighted by Gasteiger charge is 2.23. The Balaban J connectivity index is 2.19. The molecule has 112 valence electrons. The molecule has 0 aromatic heterocycles. The highest BCUT2D eigenvalue weighted by atomic mass is 16.2. The Bertz CT molecular complexity index is 257. The molecule has 0 heterocycles. The molecule has 0 aromatic rings. The van der Waals surface area contributed by atoms with Gasteiger partial charge < -0.3 is 10.6 Å². The number of carbonyl (C=O) groups is 1. The highest BCUT2D eigenvalue weighted by Crippen LogP contribution is 2.26. The predicted molar refractivity (Wildman–Crippen MR) is 81.1 cm³/mol. The van der Waals surface area contributed by atoms with E-state index in [1.54, 1.807) is 0 Å². The first-order valence-corrected chi connectivity index (χ1v) is 8.06. The molecule has 3 nitrogen and oxygen atoms in total. The van der Waals surface area contributed by atoms with Crippen LogP contribution < -0.4 is 10.6 Å². The minimum atomic E-state index is -0.0599. The standard InChI is InChI=1S/C16H32N2O/c1-5-14-6-8-15(9-7-14)18-13(4)16(19)17-11-10-12(2)3/h12-15,18H,5-11H2,1-4H3,(H,17,19). The molecule has 0 saturated heterocycles. The summed E-state index contributed by atoms with van der Waals surface area (Å²) in [6.07, 6.45) is 7.44. The molecule has 1 rings (SSSR count). The van der Waals surface area contributed by atoms with Gasteiger partial charge in [-0.05, 0) is 50.9 Å². The molecular formula is C16H32N2O. The summed E-state index contributed by atoms with van der Waals surface area (Å²) in [6, 6.07) is 0.476. The topological polar surface area (TPSA) is 41.1 Å². The summed E-state index contributed by atoms with van der Waals surface area (Å²) in [5, 5.41) is 6.51. The van der Waals surface area contributed by atoms with E-state index >= 15 is 0 Å². The molecule has 0 aromatic carbocycles. The second kappa shape index (κ2) is 8.57. The number of carbonyl (C=O) groups excluding carboxylic acids is 1. The summed E-state index contributed by atoms with van der Waals surface area (Å²) in [5.74, 6) is 1.71. The molecular weight excluding hydrogens is 236 g/mol. The van der Waals surface area contributed by atoms with Gasteiger partial charge in [0.1, 0.15) is 0 Å². The summed E-state index contributed by atoms with van der Waals surface area (Å²) in [5.41, 5.74) is 0. The SMILES string of the molecule is CCC1CCC(NC(C)C(=O)NCCC(C)C)CC1. The summed E-state index contributed by atoms with van der Waals surface area (Å²) < 4.78 is 0. The Morgan fingerprint density at radius 1 is 1.16 bits per heavy atom. The number of nitrogens with one attached hydrogen (secondary N) is 2. The summed E-state index contributed by atoms with van der Waals surface area (Å²) >= 11 is 0. The smallest absolute Gasteiger partial charge is 0.236 e. The highest BCUT2D eigenvalue weighted by molar-refractivity contribution is 5.81. The molecule has 1 saturated carbocycles. The fourth-order valence-electron chi connectivity index (χ4n) is 2.80. The predicted octanol–water partition coefficient (Wildman–Crippen LogP) is 3.10. The van der Waals surface area contributed by atoms with Crippen LogP contribution in [0.25, 0.3) is 0 Å². The van der Waals surface area contributed by atoms with Gasteiger partial charge in [-0.2, -0.15) is 0 Å². The van der Waals surface area contributed by atoms with Gasteiger partial charge in [0, 0.05) is 12.6 Å². The van der Waals surface area contributed by atoms with E-state index in [1.807, 2.05) is 6.92 Å². The first kappa shape index (κ1) is 16.5. The Kier molecular flexibility index (Phi) is 7.44. The van der Waals surface area contributed by atoms with Crippen LogP contribution in [0.15, 0.2) is 0 Å². The average molecular weight is 268 g/mol. The van der Waals surface area contributed by atoms with Crippen LogP contribution in [-0.4, -0.2) is 24.5 Å². The third-order valence-electron chi connectivity index (χ3n) is 4.32. The van der Waals surface area contributed by atoms with Gasteiger partial charge in [0.2, 0.25) is 5.91 Å². The van der Waals surface area contributed by atoms with E-state index in [-0.39, 0.29) is 11.9 Å². The molecule has 0 bridgehead atoms. The van der Waals surface area contributed by atoms with Crippen LogP contribution in [0.1, 0.15) is 66.2 Å². The Morgan fingerprint density at radius 3 is 2.32 bits per heavy atom. The van der Waals surface area contributed by atoms with E-state index < -0.39 is 0 Å². The van der Waals surface area contributed by atoms with Gasteiger partial charge in [-0.3, -0.25) is 4.79 Å². The summed E-state index contributed by atoms with van der Waals surface area (Å²) in [4.78, 5) is 11.9. The molecule has 0 spiro atoms. The molecule has 3 heteroatoms. The molecule has 1 aliphatic rings. The van der Waals surface area contributed by atoms with Crippen molar-refractivity contribution in [3.8, 4) is 0 Å². The number of rotatable bonds is 7. The van der Waals surface area contributed by atoms with E-state index in [0.717, 1.165) is 18.9 Å². The molecule has 1 atom stereocenters. The molecule has 0 aliphatic heterocycles. The van der Waals surface area contributed by atoms with Crippen LogP contribution in [0.4, 0.5) is 0 Å². The molecule has 19 heavy (non-hydrogen) atoms. The Hall–Kier alpha value is -0.570. The third-order valence-corrected chi connectivity index (χ3v) is 4.32. The van der Waals surface area contributed by atoms with Crippen LogP contribution in [-0.2, 0) is 4.79 Å². The largest absolute Gasteiger partial charge is 0.355 e. The number of hydrogen-bond donors (Lipinski definition) is 2. The zero-order chi connectivity index (χ0) is 14.3. The lowest BCUT2D eigenvalue weighted by molar-refractivity contribution is -0.123. The van der Waals surface area contributed by atoms with Gasteiger partial charge in [0.25, 0.3) is 0 Å². The average Bonchev–Trinajstić information content (AvgIpc) is 2.39. The lowest BCUT2D eigenvalue weighted by atomic mass is 9.84. The lowest BCUT2D eigenvalue weighted by Gasteiger charge is -2.30. The first-order chi connectivity index (χ1) is 9.02. The van der Waals surface area contributed by atoms with Crippen LogP contribution in [0.5, 0.6) is 0 Å². The van der Waals surface area contributed by atoms with Gasteiger partial charge in [-0.15, -0.1) is 0 Å². The van der Waals surface area contributed by atoms with Crippen molar-refractivity contribution in [1.82, 2.24) is 10.6 Å². The van der Waals surface area contributed by atoms with E-state index in [2.05, 4.69) is 31.4 Å². The first-order valence-electron chi connectivity index (χ1n) is 8.06. The molecule has 1 amide bonds. The number of amides is 1. The van der Waals surface area contributed by atoms with Crippen molar-refractivity contribution in [2.45, 2.75) is 78.3 Å². The fraction of sp³-hybridized carbons (Fsp3) is 0.938. The second-order valence-electron chi connectivity index (χ2n) is 6.49. The molecule has 1 fully saturated rings. The van der Waals surface area contributed by atoms with Crippen molar-refractivity contribution in [2.75, 3.05) is 6.54 Å². The van der Waals surface area contributed by atoms with Crippen LogP contribution in [0.2, 0.25) is 0 Å². The molecule has 2 N–H and O–H groups in total. The van der Waals surface area contributed by atoms with Crippen molar-refractivity contribution >= 4 is 5.91 Å². The second-order valence-corrected chi connectivity index (χ2v) is 6.49. The Labute approximate surface area is 118 Å². The quantitative estimate of drug-likeness (QED) is 0.745. The minimum Gasteiger partial charge on any atom is -0.355 e. The van der Waals surface area contributed by atoms with E-state index in [1.165, 1.54) is 32.1 Å². The normalized spacial score (nSPS) is 25.3. The van der Waals surface area contributed by atoms with Crippen LogP contribution in [0.3, 0.4) is 0 Å². The Morgan fingerprint density at radius 2 is 1.79 bits per heavy atom.